The van der Waals surface area contributed by atoms with Gasteiger partial charge in [0.05, 0.1) is 6.20 Å². The minimum Gasteiger partial charge on any atom is -0.324 e. The van der Waals surface area contributed by atoms with Crippen LogP contribution in [0.3, 0.4) is 0 Å². The lowest BCUT2D eigenvalue weighted by Gasteiger charge is -2.10. The van der Waals surface area contributed by atoms with Crippen molar-refractivity contribution in [2.24, 2.45) is 5.73 Å². The van der Waals surface area contributed by atoms with Gasteiger partial charge < -0.3 is 5.73 Å². The number of hydrogen-bond acceptors (Lipinski definition) is 3. The molecule has 2 rings (SSSR count). The van der Waals surface area contributed by atoms with Gasteiger partial charge in [-0.05, 0) is 18.1 Å². The lowest BCUT2D eigenvalue weighted by molar-refractivity contribution is -0.118. The summed E-state index contributed by atoms with van der Waals surface area (Å²) >= 11 is 0. The molecule has 2 aromatic rings. The molecule has 4 heteroatoms. The highest BCUT2D eigenvalue weighted by Crippen LogP contribution is 2.15. The monoisotopic (exact) mass is 257 g/mol. The molecular formula is C15H19N3O. The number of aryl methyl sites for hydroxylation is 1. The van der Waals surface area contributed by atoms with Gasteiger partial charge in [0.2, 0.25) is 0 Å². The highest BCUT2D eigenvalue weighted by atomic mass is 16.1. The molecular weight excluding hydrogens is 238 g/mol. The molecule has 0 aliphatic rings. The third-order valence-corrected chi connectivity index (χ3v) is 3.09. The maximum absolute atomic E-state index is 12.0. The summed E-state index contributed by atoms with van der Waals surface area (Å²) in [5.74, 6) is 0.145. The summed E-state index contributed by atoms with van der Waals surface area (Å²) in [6.45, 7) is 2.83. The standard InChI is InChI=1S/C15H19N3O/c1-2-18-11-12(10-17-18)8-14(19)9-15(16)13-6-4-3-5-7-13/h3-7,10-11,15H,2,8-9,16H2,1H3. The number of nitrogens with zero attached hydrogens (tertiary/aromatic N) is 2. The van der Waals surface area contributed by atoms with Gasteiger partial charge in [-0.15, -0.1) is 0 Å². The van der Waals surface area contributed by atoms with E-state index in [0.29, 0.717) is 12.8 Å². The van der Waals surface area contributed by atoms with Crippen LogP contribution in [0.15, 0.2) is 42.7 Å². The summed E-state index contributed by atoms with van der Waals surface area (Å²) in [7, 11) is 0. The second kappa shape index (κ2) is 6.29. The summed E-state index contributed by atoms with van der Waals surface area (Å²) in [4.78, 5) is 12.0. The normalized spacial score (nSPS) is 12.3. The Bertz CT molecular complexity index is 533. The van der Waals surface area contributed by atoms with Crippen molar-refractivity contribution >= 4 is 5.78 Å². The molecule has 1 unspecified atom stereocenters. The largest absolute Gasteiger partial charge is 0.324 e. The third kappa shape index (κ3) is 3.76. The fourth-order valence-electron chi connectivity index (χ4n) is 2.03. The fraction of sp³-hybridized carbons (Fsp3) is 0.333. The van der Waals surface area contributed by atoms with Crippen molar-refractivity contribution in [1.29, 1.82) is 0 Å². The number of aromatic nitrogens is 2. The van der Waals surface area contributed by atoms with Gasteiger partial charge in [-0.25, -0.2) is 0 Å². The molecule has 0 amide bonds. The lowest BCUT2D eigenvalue weighted by atomic mass is 10.00. The summed E-state index contributed by atoms with van der Waals surface area (Å²) in [5, 5.41) is 4.16. The summed E-state index contributed by atoms with van der Waals surface area (Å²) < 4.78 is 1.82. The molecule has 19 heavy (non-hydrogen) atoms. The maximum Gasteiger partial charge on any atom is 0.139 e. The van der Waals surface area contributed by atoms with Crippen LogP contribution in [0.2, 0.25) is 0 Å². The molecule has 0 bridgehead atoms. The van der Waals surface area contributed by atoms with Crippen LogP contribution >= 0.6 is 0 Å². The van der Waals surface area contributed by atoms with Gasteiger partial charge in [0, 0.05) is 31.6 Å². The molecule has 1 aromatic carbocycles. The Morgan fingerprint density at radius 3 is 2.74 bits per heavy atom. The topological polar surface area (TPSA) is 60.9 Å². The van der Waals surface area contributed by atoms with Crippen molar-refractivity contribution in [3.05, 3.63) is 53.9 Å². The molecule has 100 valence electrons. The number of Topliss-reactive ketones (excluding diaryl/α,β-unsaturated/α-hetero) is 1. The molecule has 1 heterocycles. The molecule has 1 aromatic heterocycles. The van der Waals surface area contributed by atoms with E-state index in [0.717, 1.165) is 17.7 Å². The van der Waals surface area contributed by atoms with Crippen LogP contribution in [0, 0.1) is 0 Å². The molecule has 4 nitrogen and oxygen atoms in total. The Morgan fingerprint density at radius 1 is 1.37 bits per heavy atom. The summed E-state index contributed by atoms with van der Waals surface area (Å²) in [6.07, 6.45) is 4.42. The predicted octanol–water partition coefficient (Wildman–Crippen LogP) is 2.10. The van der Waals surface area contributed by atoms with Gasteiger partial charge in [-0.1, -0.05) is 30.3 Å². The van der Waals surface area contributed by atoms with Crippen molar-refractivity contribution < 1.29 is 4.79 Å². The van der Waals surface area contributed by atoms with Crippen molar-refractivity contribution in [2.45, 2.75) is 32.4 Å². The second-order valence-corrected chi connectivity index (χ2v) is 4.64. The van der Waals surface area contributed by atoms with Gasteiger partial charge in [0.25, 0.3) is 0 Å². The zero-order valence-corrected chi connectivity index (χ0v) is 11.1. The van der Waals surface area contributed by atoms with Crippen molar-refractivity contribution in [2.75, 3.05) is 0 Å². The van der Waals surface area contributed by atoms with Crippen LogP contribution in [0.25, 0.3) is 0 Å². The maximum atomic E-state index is 12.0. The minimum absolute atomic E-state index is 0.145. The van der Waals surface area contributed by atoms with E-state index in [-0.39, 0.29) is 11.8 Å². The van der Waals surface area contributed by atoms with Gasteiger partial charge in [-0.2, -0.15) is 5.10 Å². The molecule has 0 fully saturated rings. The number of nitrogens with two attached hydrogens (primary N) is 1. The number of carbonyl (C=O) groups excluding carboxylic acids is 1. The molecule has 0 aliphatic carbocycles. The van der Waals surface area contributed by atoms with Crippen LogP contribution in [0.4, 0.5) is 0 Å². The van der Waals surface area contributed by atoms with E-state index in [2.05, 4.69) is 5.10 Å². The van der Waals surface area contributed by atoms with E-state index in [9.17, 15) is 4.79 Å². The van der Waals surface area contributed by atoms with E-state index in [4.69, 9.17) is 5.73 Å². The van der Waals surface area contributed by atoms with Gasteiger partial charge >= 0.3 is 0 Å². The second-order valence-electron chi connectivity index (χ2n) is 4.64. The first-order valence-corrected chi connectivity index (χ1v) is 6.52. The molecule has 0 saturated carbocycles. The van der Waals surface area contributed by atoms with Crippen LogP contribution in [-0.4, -0.2) is 15.6 Å². The Balaban J connectivity index is 1.91. The molecule has 0 saturated heterocycles. The SMILES string of the molecule is CCn1cc(CC(=O)CC(N)c2ccccc2)cn1. The lowest BCUT2D eigenvalue weighted by Crippen LogP contribution is -2.16. The number of ketones is 1. The third-order valence-electron chi connectivity index (χ3n) is 3.09. The highest BCUT2D eigenvalue weighted by Gasteiger charge is 2.12. The molecule has 0 radical (unpaired) electrons. The average molecular weight is 257 g/mol. The quantitative estimate of drug-likeness (QED) is 0.862. The summed E-state index contributed by atoms with van der Waals surface area (Å²) in [5.41, 5.74) is 7.99. The number of benzene rings is 1. The zero-order valence-electron chi connectivity index (χ0n) is 11.1. The van der Waals surface area contributed by atoms with Gasteiger partial charge in [-0.3, -0.25) is 9.48 Å². The van der Waals surface area contributed by atoms with Crippen LogP contribution in [0.5, 0.6) is 0 Å². The highest BCUT2D eigenvalue weighted by molar-refractivity contribution is 5.81. The molecule has 2 N–H and O–H groups in total. The van der Waals surface area contributed by atoms with Crippen LogP contribution in [-0.2, 0) is 17.8 Å². The smallest absolute Gasteiger partial charge is 0.139 e. The molecule has 1 atom stereocenters. The number of rotatable bonds is 6. The van der Waals surface area contributed by atoms with E-state index in [1.54, 1.807) is 6.20 Å². The van der Waals surface area contributed by atoms with Crippen molar-refractivity contribution in [1.82, 2.24) is 9.78 Å². The fourth-order valence-corrected chi connectivity index (χ4v) is 2.03. The Kier molecular flexibility index (Phi) is 4.47. The van der Waals surface area contributed by atoms with Crippen LogP contribution < -0.4 is 5.73 Å². The Morgan fingerprint density at radius 2 is 2.11 bits per heavy atom. The first kappa shape index (κ1) is 13.5. The van der Waals surface area contributed by atoms with E-state index in [1.165, 1.54) is 0 Å². The average Bonchev–Trinajstić information content (AvgIpc) is 2.87. The van der Waals surface area contributed by atoms with Crippen molar-refractivity contribution in [3.63, 3.8) is 0 Å². The minimum atomic E-state index is -0.227. The van der Waals surface area contributed by atoms with Gasteiger partial charge in [0.15, 0.2) is 0 Å². The van der Waals surface area contributed by atoms with Gasteiger partial charge in [0.1, 0.15) is 5.78 Å². The first-order valence-electron chi connectivity index (χ1n) is 6.52. The predicted molar refractivity (Wildman–Crippen MR) is 74.6 cm³/mol. The summed E-state index contributed by atoms with van der Waals surface area (Å²) in [6, 6.07) is 9.49. The number of carbonyl (C=O) groups is 1. The Hall–Kier alpha value is -1.94. The van der Waals surface area contributed by atoms with Crippen LogP contribution in [0.1, 0.15) is 30.5 Å². The first-order chi connectivity index (χ1) is 9.19. The Labute approximate surface area is 113 Å². The number of hydrogen-bond donors (Lipinski definition) is 1. The van der Waals surface area contributed by atoms with E-state index >= 15 is 0 Å². The molecule has 0 spiro atoms. The van der Waals surface area contributed by atoms with E-state index in [1.807, 2.05) is 48.1 Å². The molecule has 0 aliphatic heterocycles. The zero-order chi connectivity index (χ0) is 13.7. The van der Waals surface area contributed by atoms with Crippen molar-refractivity contribution in [3.8, 4) is 0 Å². The van der Waals surface area contributed by atoms with E-state index < -0.39 is 0 Å².